The quantitative estimate of drug-likeness (QED) is 0.755. The average molecular weight is 386 g/mol. The van der Waals surface area contributed by atoms with E-state index in [1.165, 1.54) is 0 Å². The van der Waals surface area contributed by atoms with Crippen molar-refractivity contribution < 1.29 is 14.1 Å². The molecule has 1 aromatic heterocycles. The molecule has 1 aliphatic rings. The van der Waals surface area contributed by atoms with E-state index in [0.717, 1.165) is 61.8 Å². The van der Waals surface area contributed by atoms with Crippen LogP contribution in [0.4, 0.5) is 0 Å². The number of benzene rings is 1. The minimum Gasteiger partial charge on any atom is -0.497 e. The van der Waals surface area contributed by atoms with Crippen LogP contribution >= 0.6 is 0 Å². The molecule has 2 aromatic rings. The molecule has 1 saturated heterocycles. The Morgan fingerprint density at radius 2 is 2.00 bits per heavy atom. The molecule has 2 heterocycles. The minimum absolute atomic E-state index is 0.265. The fourth-order valence-corrected chi connectivity index (χ4v) is 3.98. The number of rotatable bonds is 8. The Hall–Kier alpha value is -2.34. The molecule has 6 heteroatoms. The molecule has 0 unspecified atom stereocenters. The van der Waals surface area contributed by atoms with Crippen molar-refractivity contribution in [2.24, 2.45) is 11.8 Å². The molecule has 28 heavy (non-hydrogen) atoms. The summed E-state index contributed by atoms with van der Waals surface area (Å²) >= 11 is 0. The summed E-state index contributed by atoms with van der Waals surface area (Å²) in [4.78, 5) is 14.5. The van der Waals surface area contributed by atoms with Crippen molar-refractivity contribution in [3.05, 3.63) is 36.0 Å². The highest BCUT2D eigenvalue weighted by Crippen LogP contribution is 2.29. The summed E-state index contributed by atoms with van der Waals surface area (Å²) in [5.41, 5.74) is 1.93. The lowest BCUT2D eigenvalue weighted by Gasteiger charge is -2.32. The first-order valence-electron chi connectivity index (χ1n) is 10.2. The summed E-state index contributed by atoms with van der Waals surface area (Å²) in [7, 11) is 1.65. The summed E-state index contributed by atoms with van der Waals surface area (Å²) in [5.74, 6) is 2.62. The van der Waals surface area contributed by atoms with Gasteiger partial charge in [-0.25, -0.2) is 0 Å². The smallest absolute Gasteiger partial charge is 0.222 e. The lowest BCUT2D eigenvalue weighted by atomic mass is 9.81. The van der Waals surface area contributed by atoms with Crippen LogP contribution < -0.4 is 10.1 Å². The fraction of sp³-hybridized carbons (Fsp3) is 0.545. The monoisotopic (exact) mass is 385 g/mol. The molecule has 3 rings (SSSR count). The number of carbonyl (C=O) groups is 1. The third-order valence-corrected chi connectivity index (χ3v) is 5.72. The maximum Gasteiger partial charge on any atom is 0.222 e. The fourth-order valence-electron chi connectivity index (χ4n) is 3.98. The van der Waals surface area contributed by atoms with Crippen molar-refractivity contribution in [2.45, 2.75) is 33.1 Å². The number of amides is 1. The van der Waals surface area contributed by atoms with Crippen LogP contribution in [0, 0.1) is 11.8 Å². The Kier molecular flexibility index (Phi) is 7.09. The number of nitrogens with zero attached hydrogens (tertiary/aromatic N) is 2. The van der Waals surface area contributed by atoms with E-state index in [0.29, 0.717) is 18.3 Å². The number of methoxy groups -OCH3 is 1. The first kappa shape index (κ1) is 20.4. The van der Waals surface area contributed by atoms with Gasteiger partial charge in [0.1, 0.15) is 5.75 Å². The Morgan fingerprint density at radius 1 is 1.25 bits per heavy atom. The largest absolute Gasteiger partial charge is 0.497 e. The van der Waals surface area contributed by atoms with Gasteiger partial charge in [-0.1, -0.05) is 5.16 Å². The van der Waals surface area contributed by atoms with Gasteiger partial charge in [-0.3, -0.25) is 4.79 Å². The van der Waals surface area contributed by atoms with Crippen molar-refractivity contribution in [3.63, 3.8) is 0 Å². The van der Waals surface area contributed by atoms with Crippen molar-refractivity contribution in [3.8, 4) is 17.1 Å². The maximum absolute atomic E-state index is 12.6. The Morgan fingerprint density at radius 3 is 2.68 bits per heavy atom. The number of nitrogens with one attached hydrogen (secondary N) is 1. The van der Waals surface area contributed by atoms with Crippen LogP contribution in [-0.4, -0.2) is 49.3 Å². The Bertz CT molecular complexity index is 753. The van der Waals surface area contributed by atoms with Gasteiger partial charge in [0.25, 0.3) is 0 Å². The summed E-state index contributed by atoms with van der Waals surface area (Å²) in [6, 6.07) is 9.78. The number of aromatic nitrogens is 1. The maximum atomic E-state index is 12.6. The predicted molar refractivity (Wildman–Crippen MR) is 109 cm³/mol. The highest BCUT2D eigenvalue weighted by atomic mass is 16.5. The van der Waals surface area contributed by atoms with Gasteiger partial charge >= 0.3 is 0 Å². The Labute approximate surface area is 167 Å². The molecule has 0 radical (unpaired) electrons. The van der Waals surface area contributed by atoms with Gasteiger partial charge in [-0.15, -0.1) is 0 Å². The normalized spacial score (nSPS) is 19.4. The molecule has 1 amide bonds. The van der Waals surface area contributed by atoms with E-state index in [2.05, 4.69) is 10.5 Å². The van der Waals surface area contributed by atoms with Crippen LogP contribution in [0.15, 0.2) is 34.9 Å². The molecule has 0 saturated carbocycles. The molecular formula is C22H31N3O3. The first-order valence-corrected chi connectivity index (χ1v) is 10.2. The van der Waals surface area contributed by atoms with Crippen LogP contribution in [-0.2, 0) is 11.2 Å². The third-order valence-electron chi connectivity index (χ3n) is 5.72. The van der Waals surface area contributed by atoms with Crippen molar-refractivity contribution in [2.75, 3.05) is 33.3 Å². The molecule has 1 aliphatic heterocycles. The van der Waals surface area contributed by atoms with E-state index < -0.39 is 0 Å². The van der Waals surface area contributed by atoms with Gasteiger partial charge < -0.3 is 19.5 Å². The van der Waals surface area contributed by atoms with Gasteiger partial charge in [0.15, 0.2) is 5.76 Å². The Balaban J connectivity index is 1.65. The van der Waals surface area contributed by atoms with Gasteiger partial charge in [0, 0.05) is 31.1 Å². The van der Waals surface area contributed by atoms with E-state index in [9.17, 15) is 4.79 Å². The first-order chi connectivity index (χ1) is 13.6. The molecule has 2 atom stereocenters. The predicted octanol–water partition coefficient (Wildman–Crippen LogP) is 3.38. The molecule has 152 valence electrons. The molecular weight excluding hydrogens is 354 g/mol. The molecule has 0 aliphatic carbocycles. The highest BCUT2D eigenvalue weighted by Gasteiger charge is 2.29. The second-order valence-electron chi connectivity index (χ2n) is 7.40. The highest BCUT2D eigenvalue weighted by molar-refractivity contribution is 5.76. The molecule has 1 fully saturated rings. The number of hydrogen-bond acceptors (Lipinski definition) is 5. The van der Waals surface area contributed by atoms with Crippen LogP contribution in [0.1, 0.15) is 32.4 Å². The van der Waals surface area contributed by atoms with E-state index in [4.69, 9.17) is 9.26 Å². The minimum atomic E-state index is 0.265. The lowest BCUT2D eigenvalue weighted by molar-refractivity contribution is -0.132. The molecule has 1 N–H and O–H groups in total. The zero-order chi connectivity index (χ0) is 19.9. The van der Waals surface area contributed by atoms with Crippen molar-refractivity contribution in [1.29, 1.82) is 0 Å². The van der Waals surface area contributed by atoms with Crippen molar-refractivity contribution >= 4 is 5.91 Å². The van der Waals surface area contributed by atoms with Crippen LogP contribution in [0.3, 0.4) is 0 Å². The van der Waals surface area contributed by atoms with E-state index in [1.807, 2.05) is 49.1 Å². The molecule has 0 bridgehead atoms. The second-order valence-corrected chi connectivity index (χ2v) is 7.40. The lowest BCUT2D eigenvalue weighted by Crippen LogP contribution is -2.41. The average Bonchev–Trinajstić information content (AvgIpc) is 3.19. The third kappa shape index (κ3) is 4.93. The van der Waals surface area contributed by atoms with Gasteiger partial charge in [0.2, 0.25) is 5.91 Å². The van der Waals surface area contributed by atoms with Crippen LogP contribution in [0.25, 0.3) is 11.3 Å². The van der Waals surface area contributed by atoms with E-state index >= 15 is 0 Å². The topological polar surface area (TPSA) is 67.6 Å². The summed E-state index contributed by atoms with van der Waals surface area (Å²) in [5, 5.41) is 7.75. The van der Waals surface area contributed by atoms with E-state index in [1.54, 1.807) is 7.11 Å². The second kappa shape index (κ2) is 9.73. The number of hydrogen-bond donors (Lipinski definition) is 1. The van der Waals surface area contributed by atoms with Crippen LogP contribution in [0.5, 0.6) is 5.75 Å². The number of carbonyl (C=O) groups excluding carboxylic acids is 1. The summed E-state index contributed by atoms with van der Waals surface area (Å²) in [6.45, 7) is 7.53. The van der Waals surface area contributed by atoms with Gasteiger partial charge in [-0.2, -0.15) is 0 Å². The van der Waals surface area contributed by atoms with Gasteiger partial charge in [0.05, 0.1) is 12.8 Å². The van der Waals surface area contributed by atoms with Crippen LogP contribution in [0.2, 0.25) is 0 Å². The number of ether oxygens (including phenoxy) is 1. The summed E-state index contributed by atoms with van der Waals surface area (Å²) < 4.78 is 10.8. The summed E-state index contributed by atoms with van der Waals surface area (Å²) in [6.07, 6.45) is 2.47. The molecule has 0 spiro atoms. The standard InChI is InChI=1S/C22H31N3O3/c1-4-25(5-2)22(26)13-17-10-11-23-15-18(17)12-19-14-21(28-24-19)16-6-8-20(27-3)9-7-16/h6-9,14,17-18,23H,4-5,10-13,15H2,1-3H3/t17-,18-/m0/s1. The van der Waals surface area contributed by atoms with E-state index in [-0.39, 0.29) is 5.91 Å². The molecule has 6 nitrogen and oxygen atoms in total. The van der Waals surface area contributed by atoms with Gasteiger partial charge in [-0.05, 0) is 75.9 Å². The molecule has 1 aromatic carbocycles. The van der Waals surface area contributed by atoms with Crippen molar-refractivity contribution in [1.82, 2.24) is 15.4 Å². The zero-order valence-corrected chi connectivity index (χ0v) is 17.1. The zero-order valence-electron chi connectivity index (χ0n) is 17.1. The SMILES string of the molecule is CCN(CC)C(=O)C[C@@H]1CCNC[C@@H]1Cc1cc(-c2ccc(OC)cc2)on1. The number of piperidine rings is 1.